The van der Waals surface area contributed by atoms with E-state index < -0.39 is 11.2 Å². The molecule has 1 aromatic rings. The summed E-state index contributed by atoms with van der Waals surface area (Å²) in [5.41, 5.74) is 0.420. The van der Waals surface area contributed by atoms with Gasteiger partial charge in [0.05, 0.1) is 17.4 Å². The monoisotopic (exact) mass is 319 g/mol. The summed E-state index contributed by atoms with van der Waals surface area (Å²) >= 11 is 1.12. The fourth-order valence-electron chi connectivity index (χ4n) is 1.47. The van der Waals surface area contributed by atoms with Crippen LogP contribution in [0, 0.1) is 11.3 Å². The number of hydrogen-bond acceptors (Lipinski definition) is 6. The minimum atomic E-state index is -0.558. The van der Waals surface area contributed by atoms with Gasteiger partial charge in [0.25, 0.3) is 0 Å². The lowest BCUT2D eigenvalue weighted by Gasteiger charge is -2.12. The van der Waals surface area contributed by atoms with E-state index >= 15 is 0 Å². The zero-order chi connectivity index (χ0) is 16.5. The lowest BCUT2D eigenvalue weighted by atomic mass is 10.2. The highest BCUT2D eigenvalue weighted by Crippen LogP contribution is 2.25. The fraction of sp³-hybridized carbons (Fsp3) is 0.333. The van der Waals surface area contributed by atoms with Gasteiger partial charge >= 0.3 is 5.97 Å². The molecule has 0 saturated heterocycles. The third-order valence-corrected chi connectivity index (χ3v) is 3.65. The number of carbonyl (C=O) groups excluding carboxylic acids is 2. The Morgan fingerprint density at radius 3 is 2.91 bits per heavy atom. The van der Waals surface area contributed by atoms with Crippen molar-refractivity contribution in [1.82, 2.24) is 10.3 Å². The van der Waals surface area contributed by atoms with Crippen LogP contribution in [0.25, 0.3) is 0 Å². The maximum atomic E-state index is 11.8. The van der Waals surface area contributed by atoms with E-state index in [-0.39, 0.29) is 18.2 Å². The third kappa shape index (κ3) is 4.90. The van der Waals surface area contributed by atoms with Gasteiger partial charge < -0.3 is 10.1 Å². The van der Waals surface area contributed by atoms with Gasteiger partial charge in [-0.2, -0.15) is 5.26 Å². The van der Waals surface area contributed by atoms with E-state index in [1.165, 1.54) is 12.1 Å². The Bertz CT molecular complexity index is 611. The Morgan fingerprint density at radius 1 is 1.59 bits per heavy atom. The van der Waals surface area contributed by atoms with Crippen LogP contribution in [-0.2, 0) is 9.53 Å². The lowest BCUT2D eigenvalue weighted by Crippen LogP contribution is -2.31. The minimum absolute atomic E-state index is 0.113. The summed E-state index contributed by atoms with van der Waals surface area (Å²) in [6.45, 7) is 7.52. The number of pyridine rings is 1. The topological polar surface area (TPSA) is 92.1 Å². The quantitative estimate of drug-likeness (QED) is 0.469. The molecule has 0 unspecified atom stereocenters. The van der Waals surface area contributed by atoms with Crippen molar-refractivity contribution in [2.45, 2.75) is 24.1 Å². The number of carbonyl (C=O) groups is 2. The number of aromatic nitrogens is 1. The summed E-state index contributed by atoms with van der Waals surface area (Å²) in [7, 11) is 0. The van der Waals surface area contributed by atoms with E-state index in [0.29, 0.717) is 17.1 Å². The van der Waals surface area contributed by atoms with Crippen LogP contribution < -0.4 is 5.32 Å². The van der Waals surface area contributed by atoms with Gasteiger partial charge in [-0.05, 0) is 26.0 Å². The largest absolute Gasteiger partial charge is 0.461 e. The van der Waals surface area contributed by atoms with Gasteiger partial charge in [-0.25, -0.2) is 9.78 Å². The van der Waals surface area contributed by atoms with Gasteiger partial charge in [0, 0.05) is 6.54 Å². The first-order valence-electron chi connectivity index (χ1n) is 6.67. The first-order valence-corrected chi connectivity index (χ1v) is 7.55. The van der Waals surface area contributed by atoms with Gasteiger partial charge in [0.2, 0.25) is 5.91 Å². The van der Waals surface area contributed by atoms with Crippen LogP contribution in [0.2, 0.25) is 0 Å². The normalized spacial score (nSPS) is 11.1. The van der Waals surface area contributed by atoms with Gasteiger partial charge in [0.1, 0.15) is 16.8 Å². The molecule has 1 rings (SSSR count). The highest BCUT2D eigenvalue weighted by Gasteiger charge is 2.19. The van der Waals surface area contributed by atoms with Gasteiger partial charge in [-0.15, -0.1) is 6.58 Å². The average molecular weight is 319 g/mol. The van der Waals surface area contributed by atoms with E-state index in [1.807, 2.05) is 6.07 Å². The smallest absolute Gasteiger partial charge is 0.356 e. The molecule has 0 bridgehead atoms. The van der Waals surface area contributed by atoms with Crippen molar-refractivity contribution in [2.24, 2.45) is 0 Å². The summed E-state index contributed by atoms with van der Waals surface area (Å²) < 4.78 is 4.88. The number of nitriles is 1. The van der Waals surface area contributed by atoms with Crippen molar-refractivity contribution < 1.29 is 14.3 Å². The molecule has 116 valence electrons. The molecule has 22 heavy (non-hydrogen) atoms. The van der Waals surface area contributed by atoms with Crippen molar-refractivity contribution in [3.8, 4) is 6.07 Å². The molecular weight excluding hydrogens is 302 g/mol. The van der Waals surface area contributed by atoms with Crippen molar-refractivity contribution in [2.75, 3.05) is 13.2 Å². The molecular formula is C15H17N3O3S. The predicted octanol–water partition coefficient (Wildman–Crippen LogP) is 1.91. The number of rotatable bonds is 7. The van der Waals surface area contributed by atoms with Crippen molar-refractivity contribution in [3.63, 3.8) is 0 Å². The fourth-order valence-corrected chi connectivity index (χ4v) is 2.39. The average Bonchev–Trinajstić information content (AvgIpc) is 2.52. The van der Waals surface area contributed by atoms with E-state index in [1.54, 1.807) is 19.9 Å². The predicted molar refractivity (Wildman–Crippen MR) is 83.4 cm³/mol. The summed E-state index contributed by atoms with van der Waals surface area (Å²) in [5.74, 6) is -0.755. The number of amides is 1. The molecule has 1 N–H and O–H groups in total. The van der Waals surface area contributed by atoms with Crippen molar-refractivity contribution >= 4 is 23.6 Å². The number of hydrogen-bond donors (Lipinski definition) is 1. The number of esters is 1. The number of nitrogens with one attached hydrogen (secondary N) is 1. The molecule has 6 nitrogen and oxygen atoms in total. The van der Waals surface area contributed by atoms with Crippen molar-refractivity contribution in [3.05, 3.63) is 36.0 Å². The molecule has 1 amide bonds. The first-order chi connectivity index (χ1) is 10.5. The van der Waals surface area contributed by atoms with Crippen LogP contribution in [0.5, 0.6) is 0 Å². The summed E-state index contributed by atoms with van der Waals surface area (Å²) in [6.07, 6.45) is 1.58. The second-order valence-electron chi connectivity index (χ2n) is 4.18. The van der Waals surface area contributed by atoms with Crippen LogP contribution in [-0.4, -0.2) is 35.3 Å². The Labute approximate surface area is 133 Å². The van der Waals surface area contributed by atoms with Crippen LogP contribution in [0.1, 0.15) is 29.9 Å². The molecule has 0 saturated carbocycles. The molecule has 0 aromatic carbocycles. The summed E-state index contributed by atoms with van der Waals surface area (Å²) in [6, 6.07) is 4.93. The number of thioether (sulfide) groups is 1. The molecule has 0 fully saturated rings. The van der Waals surface area contributed by atoms with Crippen LogP contribution >= 0.6 is 11.8 Å². The van der Waals surface area contributed by atoms with Gasteiger partial charge in [0.15, 0.2) is 0 Å². The second-order valence-corrected chi connectivity index (χ2v) is 5.50. The molecule has 1 atom stereocenters. The highest BCUT2D eigenvalue weighted by atomic mass is 32.2. The zero-order valence-electron chi connectivity index (χ0n) is 12.5. The standard InChI is InChI=1S/C15H17N3O3S/c1-4-8-17-13(19)10(3)22-14-11(9-16)6-7-12(18-14)15(20)21-5-2/h4,6-7,10H,1,5,8H2,2-3H3,(H,17,19)/t10-/m0/s1. The summed E-state index contributed by atoms with van der Waals surface area (Å²) in [5, 5.41) is 11.6. The van der Waals surface area contributed by atoms with Crippen LogP contribution in [0.3, 0.4) is 0 Å². The Balaban J connectivity index is 2.94. The van der Waals surface area contributed by atoms with Crippen LogP contribution in [0.4, 0.5) is 0 Å². The number of nitrogens with zero attached hydrogens (tertiary/aromatic N) is 2. The minimum Gasteiger partial charge on any atom is -0.461 e. The second kappa shape index (κ2) is 8.85. The van der Waals surface area contributed by atoms with Crippen molar-refractivity contribution in [1.29, 1.82) is 5.26 Å². The zero-order valence-corrected chi connectivity index (χ0v) is 13.3. The van der Waals surface area contributed by atoms with Gasteiger partial charge in [-0.1, -0.05) is 17.8 Å². The molecule has 0 radical (unpaired) electrons. The molecule has 1 heterocycles. The van der Waals surface area contributed by atoms with E-state index in [2.05, 4.69) is 16.9 Å². The maximum Gasteiger partial charge on any atom is 0.356 e. The SMILES string of the molecule is C=CCNC(=O)[C@H](C)Sc1nc(C(=O)OCC)ccc1C#N. The molecule has 0 aliphatic heterocycles. The first kappa shape index (κ1) is 17.7. The van der Waals surface area contributed by atoms with Crippen LogP contribution in [0.15, 0.2) is 29.8 Å². The molecule has 1 aromatic heterocycles. The highest BCUT2D eigenvalue weighted by molar-refractivity contribution is 8.00. The van der Waals surface area contributed by atoms with Gasteiger partial charge in [-0.3, -0.25) is 4.79 Å². The van der Waals surface area contributed by atoms with E-state index in [0.717, 1.165) is 11.8 Å². The Hall–Kier alpha value is -2.33. The molecule has 7 heteroatoms. The lowest BCUT2D eigenvalue weighted by molar-refractivity contribution is -0.120. The van der Waals surface area contributed by atoms with E-state index in [9.17, 15) is 9.59 Å². The Kier molecular flexibility index (Phi) is 7.13. The third-order valence-electron chi connectivity index (χ3n) is 2.54. The number of ether oxygens (including phenoxy) is 1. The molecule has 0 aliphatic carbocycles. The summed E-state index contributed by atoms with van der Waals surface area (Å²) in [4.78, 5) is 27.7. The molecule has 0 spiro atoms. The molecule has 0 aliphatic rings. The van der Waals surface area contributed by atoms with E-state index in [4.69, 9.17) is 10.00 Å². The maximum absolute atomic E-state index is 11.8. The Morgan fingerprint density at radius 2 is 2.32 bits per heavy atom.